The van der Waals surface area contributed by atoms with E-state index in [2.05, 4.69) is 4.98 Å². The van der Waals surface area contributed by atoms with Crippen LogP contribution in [0.5, 0.6) is 5.75 Å². The summed E-state index contributed by atoms with van der Waals surface area (Å²) < 4.78 is 5.57. The fraction of sp³-hybridized carbons (Fsp3) is 0.375. The summed E-state index contributed by atoms with van der Waals surface area (Å²) >= 11 is 0. The van der Waals surface area contributed by atoms with E-state index >= 15 is 0 Å². The lowest BCUT2D eigenvalue weighted by Crippen LogP contribution is -2.10. The van der Waals surface area contributed by atoms with E-state index in [1.807, 2.05) is 25.1 Å². The molecule has 0 fully saturated rings. The first-order valence-corrected chi connectivity index (χ1v) is 7.00. The number of Topliss-reactive ketones (excluding diaryl/α,β-unsaturated/α-hetero) is 1. The summed E-state index contributed by atoms with van der Waals surface area (Å²) in [4.78, 5) is 26.2. The van der Waals surface area contributed by atoms with Crippen LogP contribution in [-0.2, 0) is 4.79 Å². The van der Waals surface area contributed by atoms with Crippen LogP contribution in [0.3, 0.4) is 0 Å². The number of rotatable bonds is 7. The molecule has 112 valence electrons. The third-order valence-electron chi connectivity index (χ3n) is 3.32. The highest BCUT2D eigenvalue weighted by molar-refractivity contribution is 6.10. The molecular formula is C16H19NO4. The lowest BCUT2D eigenvalue weighted by atomic mass is 9.96. The molecule has 5 nitrogen and oxygen atoms in total. The lowest BCUT2D eigenvalue weighted by Gasteiger charge is -2.09. The quantitative estimate of drug-likeness (QED) is 0.767. The number of fused-ring (bicyclic) bond motifs is 1. The SMILES string of the molecule is CCOc1cccc2[nH]cc(C(=O)CC(C)CC(=O)O)c12. The molecule has 0 radical (unpaired) electrons. The Labute approximate surface area is 122 Å². The molecule has 0 spiro atoms. The van der Waals surface area contributed by atoms with Crippen LogP contribution < -0.4 is 4.74 Å². The van der Waals surface area contributed by atoms with Gasteiger partial charge in [-0.05, 0) is 25.0 Å². The molecule has 1 aromatic carbocycles. The van der Waals surface area contributed by atoms with Gasteiger partial charge in [0.2, 0.25) is 0 Å². The van der Waals surface area contributed by atoms with Crippen molar-refractivity contribution in [2.24, 2.45) is 5.92 Å². The van der Waals surface area contributed by atoms with Crippen LogP contribution >= 0.6 is 0 Å². The van der Waals surface area contributed by atoms with E-state index in [0.29, 0.717) is 17.9 Å². The molecule has 0 aliphatic heterocycles. The van der Waals surface area contributed by atoms with Gasteiger partial charge in [0.1, 0.15) is 5.75 Å². The number of aromatic nitrogens is 1. The van der Waals surface area contributed by atoms with E-state index in [1.165, 1.54) is 0 Å². The van der Waals surface area contributed by atoms with E-state index in [-0.39, 0.29) is 24.5 Å². The van der Waals surface area contributed by atoms with Crippen molar-refractivity contribution < 1.29 is 19.4 Å². The van der Waals surface area contributed by atoms with Crippen molar-refractivity contribution in [3.63, 3.8) is 0 Å². The van der Waals surface area contributed by atoms with Crippen LogP contribution in [0.4, 0.5) is 0 Å². The minimum absolute atomic E-state index is 0.00753. The Morgan fingerprint density at radius 3 is 2.76 bits per heavy atom. The summed E-state index contributed by atoms with van der Waals surface area (Å²) in [6.07, 6.45) is 1.87. The van der Waals surface area contributed by atoms with Gasteiger partial charge in [0.15, 0.2) is 5.78 Å². The van der Waals surface area contributed by atoms with Crippen molar-refractivity contribution in [2.75, 3.05) is 6.61 Å². The Hall–Kier alpha value is -2.30. The monoisotopic (exact) mass is 289 g/mol. The maximum atomic E-state index is 12.4. The molecule has 2 N–H and O–H groups in total. The minimum atomic E-state index is -0.885. The molecule has 5 heteroatoms. The number of benzene rings is 1. The topological polar surface area (TPSA) is 79.4 Å². The van der Waals surface area contributed by atoms with Crippen molar-refractivity contribution >= 4 is 22.7 Å². The number of aromatic amines is 1. The van der Waals surface area contributed by atoms with Crippen LogP contribution in [0.1, 0.15) is 37.0 Å². The number of carboxylic acid groups (broad SMARTS) is 1. The lowest BCUT2D eigenvalue weighted by molar-refractivity contribution is -0.137. The van der Waals surface area contributed by atoms with Crippen molar-refractivity contribution in [3.8, 4) is 5.75 Å². The number of ketones is 1. The molecule has 0 saturated heterocycles. The van der Waals surface area contributed by atoms with Crippen molar-refractivity contribution in [1.29, 1.82) is 0 Å². The first-order valence-electron chi connectivity index (χ1n) is 7.00. The Morgan fingerprint density at radius 1 is 1.33 bits per heavy atom. The number of aliphatic carboxylic acids is 1. The van der Waals surface area contributed by atoms with Gasteiger partial charge in [-0.1, -0.05) is 13.0 Å². The number of ether oxygens (including phenoxy) is 1. The zero-order valence-electron chi connectivity index (χ0n) is 12.2. The van der Waals surface area contributed by atoms with E-state index in [9.17, 15) is 9.59 Å². The third kappa shape index (κ3) is 3.42. The molecule has 1 unspecified atom stereocenters. The van der Waals surface area contributed by atoms with Gasteiger partial charge in [0.05, 0.1) is 12.0 Å². The first kappa shape index (κ1) is 15.1. The van der Waals surface area contributed by atoms with Crippen LogP contribution in [0, 0.1) is 5.92 Å². The highest BCUT2D eigenvalue weighted by Crippen LogP contribution is 2.30. The molecule has 21 heavy (non-hydrogen) atoms. The maximum absolute atomic E-state index is 12.4. The smallest absolute Gasteiger partial charge is 0.303 e. The molecule has 1 aromatic heterocycles. The summed E-state index contributed by atoms with van der Waals surface area (Å²) in [6.45, 7) is 4.18. The van der Waals surface area contributed by atoms with Gasteiger partial charge < -0.3 is 14.8 Å². The maximum Gasteiger partial charge on any atom is 0.303 e. The number of H-pyrrole nitrogens is 1. The standard InChI is InChI=1S/C16H19NO4/c1-3-21-14-6-4-5-12-16(14)11(9-17-12)13(18)7-10(2)8-15(19)20/h4-6,9-10,17H,3,7-8H2,1-2H3,(H,19,20). The highest BCUT2D eigenvalue weighted by atomic mass is 16.5. The zero-order valence-corrected chi connectivity index (χ0v) is 12.2. The third-order valence-corrected chi connectivity index (χ3v) is 3.32. The number of carbonyl (C=O) groups is 2. The number of carboxylic acids is 1. The molecule has 0 saturated carbocycles. The largest absolute Gasteiger partial charge is 0.493 e. The van der Waals surface area contributed by atoms with Gasteiger partial charge in [-0.2, -0.15) is 0 Å². The molecule has 1 atom stereocenters. The van der Waals surface area contributed by atoms with Gasteiger partial charge >= 0.3 is 5.97 Å². The van der Waals surface area contributed by atoms with Crippen LogP contribution in [0.25, 0.3) is 10.9 Å². The van der Waals surface area contributed by atoms with E-state index in [4.69, 9.17) is 9.84 Å². The summed E-state index contributed by atoms with van der Waals surface area (Å²) in [6, 6.07) is 5.58. The van der Waals surface area contributed by atoms with Crippen molar-refractivity contribution in [2.45, 2.75) is 26.7 Å². The molecule has 2 rings (SSSR count). The van der Waals surface area contributed by atoms with Gasteiger partial charge in [0, 0.05) is 30.1 Å². The second-order valence-electron chi connectivity index (χ2n) is 5.14. The number of hydrogen-bond donors (Lipinski definition) is 2. The van der Waals surface area contributed by atoms with Crippen molar-refractivity contribution in [1.82, 2.24) is 4.98 Å². The number of hydrogen-bond acceptors (Lipinski definition) is 3. The van der Waals surface area contributed by atoms with Gasteiger partial charge in [-0.15, -0.1) is 0 Å². The molecule has 2 aromatic rings. The Balaban J connectivity index is 2.29. The first-order chi connectivity index (χ1) is 10.0. The van der Waals surface area contributed by atoms with Crippen molar-refractivity contribution in [3.05, 3.63) is 30.0 Å². The Morgan fingerprint density at radius 2 is 2.10 bits per heavy atom. The number of nitrogens with one attached hydrogen (secondary N) is 1. The van der Waals surface area contributed by atoms with E-state index < -0.39 is 5.97 Å². The molecule has 0 bridgehead atoms. The van der Waals surface area contributed by atoms with Crippen LogP contribution in [-0.4, -0.2) is 28.4 Å². The van der Waals surface area contributed by atoms with E-state index in [0.717, 1.165) is 10.9 Å². The summed E-state index contributed by atoms with van der Waals surface area (Å²) in [7, 11) is 0. The van der Waals surface area contributed by atoms with Crippen LogP contribution in [0.15, 0.2) is 24.4 Å². The van der Waals surface area contributed by atoms with E-state index in [1.54, 1.807) is 13.1 Å². The van der Waals surface area contributed by atoms with Crippen LogP contribution in [0.2, 0.25) is 0 Å². The molecular weight excluding hydrogens is 270 g/mol. The Kier molecular flexibility index (Phi) is 4.62. The van der Waals surface area contributed by atoms with Gasteiger partial charge in [-0.25, -0.2) is 0 Å². The molecule has 0 aliphatic rings. The predicted octanol–water partition coefficient (Wildman–Crippen LogP) is 3.25. The average Bonchev–Trinajstić information content (AvgIpc) is 2.83. The van der Waals surface area contributed by atoms with Gasteiger partial charge in [0.25, 0.3) is 0 Å². The molecule has 0 aliphatic carbocycles. The highest BCUT2D eigenvalue weighted by Gasteiger charge is 2.19. The van der Waals surface area contributed by atoms with Gasteiger partial charge in [-0.3, -0.25) is 9.59 Å². The fourth-order valence-corrected chi connectivity index (χ4v) is 2.44. The fourth-order valence-electron chi connectivity index (χ4n) is 2.44. The normalized spacial score (nSPS) is 12.3. The molecule has 0 amide bonds. The predicted molar refractivity (Wildman–Crippen MR) is 79.8 cm³/mol. The Bertz CT molecular complexity index is 659. The minimum Gasteiger partial charge on any atom is -0.493 e. The summed E-state index contributed by atoms with van der Waals surface area (Å²) in [5.74, 6) is -0.476. The number of carbonyl (C=O) groups excluding carboxylic acids is 1. The second-order valence-corrected chi connectivity index (χ2v) is 5.14. The zero-order chi connectivity index (χ0) is 15.4. The summed E-state index contributed by atoms with van der Waals surface area (Å²) in [5.41, 5.74) is 1.40. The second kappa shape index (κ2) is 6.43. The average molecular weight is 289 g/mol. The summed E-state index contributed by atoms with van der Waals surface area (Å²) in [5, 5.41) is 9.55. The molecule has 1 heterocycles.